The van der Waals surface area contributed by atoms with Gasteiger partial charge in [0.15, 0.2) is 0 Å². The minimum Gasteiger partial charge on any atom is -0.495 e. The van der Waals surface area contributed by atoms with Crippen molar-refractivity contribution in [2.75, 3.05) is 17.7 Å². The van der Waals surface area contributed by atoms with E-state index in [0.717, 1.165) is 16.8 Å². The minimum absolute atomic E-state index is 0.317. The summed E-state index contributed by atoms with van der Waals surface area (Å²) in [7, 11) is 1.55. The number of amides is 2. The molecule has 0 aliphatic rings. The fourth-order valence-electron chi connectivity index (χ4n) is 1.97. The number of nitrogens with one attached hydrogen (secondary N) is 2. The highest BCUT2D eigenvalue weighted by Gasteiger charge is 2.11. The fourth-order valence-corrected chi connectivity index (χ4v) is 1.97. The molecule has 0 unspecified atom stereocenters. The first-order valence-corrected chi connectivity index (χ1v) is 6.64. The molecule has 0 atom stereocenters. The molecule has 0 spiro atoms. The molecule has 4 N–H and O–H groups in total. The van der Waals surface area contributed by atoms with Crippen molar-refractivity contribution >= 4 is 17.4 Å². The van der Waals surface area contributed by atoms with Crippen LogP contribution >= 0.6 is 0 Å². The quantitative estimate of drug-likeness (QED) is 0.808. The van der Waals surface area contributed by atoms with Crippen LogP contribution in [0, 0.1) is 6.92 Å². The first kappa shape index (κ1) is 14.9. The predicted octanol–water partition coefficient (Wildman–Crippen LogP) is 3.11. The lowest BCUT2D eigenvalue weighted by Gasteiger charge is -2.14. The molecule has 2 rings (SSSR count). The molecular formula is C16H19N3O2. The molecule has 0 aliphatic heterocycles. The van der Waals surface area contributed by atoms with Crippen LogP contribution in [0.4, 0.5) is 16.2 Å². The summed E-state index contributed by atoms with van der Waals surface area (Å²) in [5.74, 6) is 0.581. The average molecular weight is 285 g/mol. The zero-order valence-corrected chi connectivity index (χ0v) is 12.1. The summed E-state index contributed by atoms with van der Waals surface area (Å²) in [6.07, 6.45) is 0. The number of nitrogens with two attached hydrogens (primary N) is 1. The van der Waals surface area contributed by atoms with Crippen LogP contribution in [-0.4, -0.2) is 13.1 Å². The predicted molar refractivity (Wildman–Crippen MR) is 84.7 cm³/mol. The van der Waals surface area contributed by atoms with E-state index in [1.54, 1.807) is 13.2 Å². The number of anilines is 2. The first-order chi connectivity index (χ1) is 10.1. The largest absolute Gasteiger partial charge is 0.495 e. The van der Waals surface area contributed by atoms with Crippen LogP contribution in [0.1, 0.15) is 11.1 Å². The Morgan fingerprint density at radius 2 is 1.86 bits per heavy atom. The average Bonchev–Trinajstić information content (AvgIpc) is 2.49. The number of methoxy groups -OCH3 is 1. The number of rotatable bonds is 4. The zero-order valence-electron chi connectivity index (χ0n) is 12.1. The Labute approximate surface area is 124 Å². The van der Waals surface area contributed by atoms with E-state index in [-0.39, 0.29) is 6.03 Å². The van der Waals surface area contributed by atoms with Gasteiger partial charge in [-0.05, 0) is 30.7 Å². The number of carbonyl (C=O) groups excluding carboxylic acids is 1. The maximum absolute atomic E-state index is 12.1. The second-order valence-electron chi connectivity index (χ2n) is 4.64. The van der Waals surface area contributed by atoms with Crippen LogP contribution in [0.5, 0.6) is 5.75 Å². The van der Waals surface area contributed by atoms with Crippen molar-refractivity contribution in [3.63, 3.8) is 0 Å². The van der Waals surface area contributed by atoms with Crippen molar-refractivity contribution < 1.29 is 9.53 Å². The van der Waals surface area contributed by atoms with E-state index < -0.39 is 0 Å². The van der Waals surface area contributed by atoms with Gasteiger partial charge in [-0.3, -0.25) is 0 Å². The highest BCUT2D eigenvalue weighted by atomic mass is 16.5. The Kier molecular flexibility index (Phi) is 4.79. The van der Waals surface area contributed by atoms with E-state index in [0.29, 0.717) is 18.0 Å². The number of aryl methyl sites for hydroxylation is 1. The lowest BCUT2D eigenvalue weighted by molar-refractivity contribution is 0.262. The molecule has 0 heterocycles. The third kappa shape index (κ3) is 3.73. The van der Waals surface area contributed by atoms with Crippen molar-refractivity contribution in [2.45, 2.75) is 13.5 Å². The number of hydrogen-bond acceptors (Lipinski definition) is 3. The molecule has 5 nitrogen and oxygen atoms in total. The van der Waals surface area contributed by atoms with Crippen molar-refractivity contribution in [2.24, 2.45) is 5.73 Å². The van der Waals surface area contributed by atoms with E-state index >= 15 is 0 Å². The van der Waals surface area contributed by atoms with E-state index in [1.165, 1.54) is 0 Å². The topological polar surface area (TPSA) is 76.4 Å². The summed E-state index contributed by atoms with van der Waals surface area (Å²) >= 11 is 0. The van der Waals surface area contributed by atoms with Crippen molar-refractivity contribution in [3.8, 4) is 5.75 Å². The summed E-state index contributed by atoms with van der Waals surface area (Å²) in [5, 5.41) is 5.56. The molecule has 2 aromatic rings. The van der Waals surface area contributed by atoms with E-state index in [2.05, 4.69) is 10.6 Å². The SMILES string of the molecule is COc1cccc(CN)c1NC(=O)Nc1ccc(C)cc1. The molecule has 5 heteroatoms. The Bertz CT molecular complexity index is 602. The van der Waals surface area contributed by atoms with Crippen LogP contribution < -0.4 is 21.1 Å². The summed E-state index contributed by atoms with van der Waals surface area (Å²) in [4.78, 5) is 12.1. The van der Waals surface area contributed by atoms with Crippen molar-refractivity contribution in [1.29, 1.82) is 0 Å². The number of carbonyl (C=O) groups is 1. The van der Waals surface area contributed by atoms with Gasteiger partial charge >= 0.3 is 6.03 Å². The van der Waals surface area contributed by atoms with Gasteiger partial charge in [0.2, 0.25) is 0 Å². The highest BCUT2D eigenvalue weighted by molar-refractivity contribution is 6.01. The number of ether oxygens (including phenoxy) is 1. The molecule has 0 bridgehead atoms. The molecule has 21 heavy (non-hydrogen) atoms. The first-order valence-electron chi connectivity index (χ1n) is 6.64. The number of para-hydroxylation sites is 1. The summed E-state index contributed by atoms with van der Waals surface area (Å²) in [6.45, 7) is 2.31. The lowest BCUT2D eigenvalue weighted by Crippen LogP contribution is -2.21. The smallest absolute Gasteiger partial charge is 0.323 e. The summed E-state index contributed by atoms with van der Waals surface area (Å²) in [6, 6.07) is 12.7. The van der Waals surface area contributed by atoms with Gasteiger partial charge in [0.05, 0.1) is 12.8 Å². The third-order valence-corrected chi connectivity index (χ3v) is 3.10. The van der Waals surface area contributed by atoms with Gasteiger partial charge in [-0.25, -0.2) is 4.79 Å². The molecule has 0 aliphatic carbocycles. The standard InChI is InChI=1S/C16H19N3O2/c1-11-6-8-13(9-7-11)18-16(20)19-15-12(10-17)4-3-5-14(15)21-2/h3-9H,10,17H2,1-2H3,(H2,18,19,20). The van der Waals surface area contributed by atoms with E-state index in [4.69, 9.17) is 10.5 Å². The number of urea groups is 1. The van der Waals surface area contributed by atoms with Crippen LogP contribution in [0.2, 0.25) is 0 Å². The molecule has 0 radical (unpaired) electrons. The van der Waals surface area contributed by atoms with Gasteiger partial charge in [0.25, 0.3) is 0 Å². The highest BCUT2D eigenvalue weighted by Crippen LogP contribution is 2.28. The van der Waals surface area contributed by atoms with Crippen molar-refractivity contribution in [3.05, 3.63) is 53.6 Å². The maximum atomic E-state index is 12.1. The summed E-state index contributed by atoms with van der Waals surface area (Å²) in [5.41, 5.74) is 8.95. The summed E-state index contributed by atoms with van der Waals surface area (Å²) < 4.78 is 5.26. The molecule has 110 valence electrons. The van der Waals surface area contributed by atoms with Crippen molar-refractivity contribution in [1.82, 2.24) is 0 Å². The monoisotopic (exact) mass is 285 g/mol. The molecule has 2 amide bonds. The van der Waals surface area contributed by atoms with Crippen LogP contribution in [0.15, 0.2) is 42.5 Å². The van der Waals surface area contributed by atoms with E-state index in [9.17, 15) is 4.79 Å². The second kappa shape index (κ2) is 6.76. The Morgan fingerprint density at radius 3 is 2.48 bits per heavy atom. The Morgan fingerprint density at radius 1 is 1.14 bits per heavy atom. The van der Waals surface area contributed by atoms with Gasteiger partial charge in [-0.1, -0.05) is 29.8 Å². The van der Waals surface area contributed by atoms with Crippen LogP contribution in [0.3, 0.4) is 0 Å². The molecule has 2 aromatic carbocycles. The third-order valence-electron chi connectivity index (χ3n) is 3.10. The van der Waals surface area contributed by atoms with Crippen LogP contribution in [-0.2, 0) is 6.54 Å². The number of hydrogen-bond donors (Lipinski definition) is 3. The van der Waals surface area contributed by atoms with E-state index in [1.807, 2.05) is 43.3 Å². The Balaban J connectivity index is 2.14. The minimum atomic E-state index is -0.335. The second-order valence-corrected chi connectivity index (χ2v) is 4.64. The van der Waals surface area contributed by atoms with Gasteiger partial charge in [-0.2, -0.15) is 0 Å². The molecule has 0 saturated carbocycles. The zero-order chi connectivity index (χ0) is 15.2. The fraction of sp³-hybridized carbons (Fsp3) is 0.188. The van der Waals surface area contributed by atoms with Crippen LogP contribution in [0.25, 0.3) is 0 Å². The normalized spacial score (nSPS) is 10.0. The lowest BCUT2D eigenvalue weighted by atomic mass is 10.1. The van der Waals surface area contributed by atoms with Gasteiger partial charge in [0, 0.05) is 12.2 Å². The van der Waals surface area contributed by atoms with Gasteiger partial charge in [0.1, 0.15) is 5.75 Å². The number of benzene rings is 2. The molecule has 0 saturated heterocycles. The Hall–Kier alpha value is -2.53. The van der Waals surface area contributed by atoms with Gasteiger partial charge < -0.3 is 21.1 Å². The molecule has 0 aromatic heterocycles. The maximum Gasteiger partial charge on any atom is 0.323 e. The molecule has 0 fully saturated rings. The van der Waals surface area contributed by atoms with Gasteiger partial charge in [-0.15, -0.1) is 0 Å². The molecular weight excluding hydrogens is 266 g/mol.